The minimum Gasteiger partial charge on any atom is -0.507 e. The second-order valence-corrected chi connectivity index (χ2v) is 8.74. The van der Waals surface area contributed by atoms with Gasteiger partial charge in [-0.25, -0.2) is 4.79 Å². The molecule has 2 aromatic carbocycles. The Kier molecular flexibility index (Phi) is 4.99. The number of thioether (sulfide) groups is 1. The summed E-state index contributed by atoms with van der Waals surface area (Å²) in [4.78, 5) is 12.7. The number of aromatic hydroxyl groups is 1. The molecule has 0 unspecified atom stereocenters. The van der Waals surface area contributed by atoms with Gasteiger partial charge < -0.3 is 24.4 Å². The number of hydrogen-bond acceptors (Lipinski definition) is 7. The van der Waals surface area contributed by atoms with Crippen molar-refractivity contribution in [3.05, 3.63) is 65.2 Å². The van der Waals surface area contributed by atoms with Crippen molar-refractivity contribution in [2.75, 3.05) is 6.61 Å². The third kappa shape index (κ3) is 3.42. The van der Waals surface area contributed by atoms with Crippen molar-refractivity contribution in [1.82, 2.24) is 0 Å². The number of carbonyl (C=O) groups excluding carboxylic acids is 1. The van der Waals surface area contributed by atoms with Gasteiger partial charge in [-0.05, 0) is 23.6 Å². The summed E-state index contributed by atoms with van der Waals surface area (Å²) >= 11 is 1.47. The van der Waals surface area contributed by atoms with Gasteiger partial charge in [0.1, 0.15) is 16.7 Å². The zero-order valence-electron chi connectivity index (χ0n) is 15.6. The molecule has 2 fully saturated rings. The molecular formula is C22H22O6S. The molecule has 3 heterocycles. The predicted molar refractivity (Wildman–Crippen MR) is 107 cm³/mol. The molecule has 0 aliphatic carbocycles. The van der Waals surface area contributed by atoms with Crippen LogP contribution in [0, 0.1) is 5.92 Å². The number of esters is 1. The zero-order valence-corrected chi connectivity index (χ0v) is 16.5. The van der Waals surface area contributed by atoms with E-state index < -0.39 is 23.6 Å². The number of phenols is 1. The van der Waals surface area contributed by atoms with E-state index in [0.29, 0.717) is 24.3 Å². The van der Waals surface area contributed by atoms with Crippen molar-refractivity contribution in [3.8, 4) is 5.75 Å². The summed E-state index contributed by atoms with van der Waals surface area (Å²) in [5, 5.41) is 21.3. The van der Waals surface area contributed by atoms with E-state index in [2.05, 4.69) is 0 Å². The van der Waals surface area contributed by atoms with Gasteiger partial charge >= 0.3 is 5.97 Å². The molecule has 7 heteroatoms. The van der Waals surface area contributed by atoms with E-state index in [-0.39, 0.29) is 29.4 Å². The summed E-state index contributed by atoms with van der Waals surface area (Å²) in [6, 6.07) is 14.9. The average Bonchev–Trinajstić information content (AvgIpc) is 2.73. The van der Waals surface area contributed by atoms with Crippen LogP contribution in [-0.4, -0.2) is 46.5 Å². The molecule has 3 aliphatic heterocycles. The van der Waals surface area contributed by atoms with E-state index in [1.54, 1.807) is 12.1 Å². The molecule has 29 heavy (non-hydrogen) atoms. The van der Waals surface area contributed by atoms with Gasteiger partial charge in [0.05, 0.1) is 24.9 Å². The number of ether oxygens (including phenoxy) is 3. The van der Waals surface area contributed by atoms with Gasteiger partial charge in [-0.15, -0.1) is 11.8 Å². The Morgan fingerprint density at radius 1 is 1.07 bits per heavy atom. The molecule has 152 valence electrons. The highest BCUT2D eigenvalue weighted by molar-refractivity contribution is 7.99. The van der Waals surface area contributed by atoms with Crippen LogP contribution in [0.5, 0.6) is 5.75 Å². The molecule has 2 saturated heterocycles. The van der Waals surface area contributed by atoms with Crippen LogP contribution in [0.4, 0.5) is 0 Å². The first kappa shape index (κ1) is 18.9. The Hall–Kier alpha value is -2.06. The van der Waals surface area contributed by atoms with Crippen LogP contribution in [0.25, 0.3) is 0 Å². The highest BCUT2D eigenvalue weighted by atomic mass is 32.2. The molecule has 5 rings (SSSR count). The molecule has 0 bridgehead atoms. The molecule has 0 aromatic heterocycles. The first-order valence-corrected chi connectivity index (χ1v) is 10.8. The molecule has 3 aliphatic rings. The van der Waals surface area contributed by atoms with E-state index in [0.717, 1.165) is 5.56 Å². The summed E-state index contributed by atoms with van der Waals surface area (Å²) in [5.74, 6) is -0.448. The third-order valence-electron chi connectivity index (χ3n) is 5.93. The fraction of sp³-hybridized carbons (Fsp3) is 0.409. The number of aliphatic hydroxyl groups is 1. The normalized spacial score (nSPS) is 34.0. The first-order valence-electron chi connectivity index (χ1n) is 9.75. The SMILES string of the molecule is O=C1O[C@@H]2[C@@H](O)[C@@H]3C[C@H](c4ccccc4)OC[C@H]3O[C@H]2SCc2cccc(O)c21. The molecule has 6 atom stereocenters. The second-order valence-electron chi connectivity index (χ2n) is 7.66. The molecule has 0 radical (unpaired) electrons. The molecular weight excluding hydrogens is 392 g/mol. The standard InChI is InChI=1S/C22H22O6S/c23-15-8-4-7-13-11-29-22-20(28-21(25)18(13)15)19(24)14-9-16(26-10-17(14)27-22)12-5-2-1-3-6-12/h1-8,14,16-17,19-20,22-24H,9-11H2/t14-,16-,17-,19+,20-,22+/m1/s1. The van der Waals surface area contributed by atoms with Crippen molar-refractivity contribution >= 4 is 17.7 Å². The van der Waals surface area contributed by atoms with Gasteiger partial charge in [0.15, 0.2) is 6.10 Å². The Morgan fingerprint density at radius 2 is 1.90 bits per heavy atom. The smallest absolute Gasteiger partial charge is 0.342 e. The van der Waals surface area contributed by atoms with Crippen LogP contribution in [0.15, 0.2) is 48.5 Å². The van der Waals surface area contributed by atoms with E-state index >= 15 is 0 Å². The molecule has 0 spiro atoms. The number of aliphatic hydroxyl groups excluding tert-OH is 1. The Bertz CT molecular complexity index is 903. The number of hydrogen-bond donors (Lipinski definition) is 2. The van der Waals surface area contributed by atoms with Crippen LogP contribution in [0.3, 0.4) is 0 Å². The monoisotopic (exact) mass is 414 g/mol. The van der Waals surface area contributed by atoms with Crippen molar-refractivity contribution in [1.29, 1.82) is 0 Å². The lowest BCUT2D eigenvalue weighted by atomic mass is 9.82. The predicted octanol–water partition coefficient (Wildman–Crippen LogP) is 3.03. The summed E-state index contributed by atoms with van der Waals surface area (Å²) in [6.45, 7) is 0.385. The average molecular weight is 414 g/mol. The highest BCUT2D eigenvalue weighted by Crippen LogP contribution is 2.44. The first-order chi connectivity index (χ1) is 14.1. The number of fused-ring (bicyclic) bond motifs is 3. The van der Waals surface area contributed by atoms with E-state index in [4.69, 9.17) is 14.2 Å². The van der Waals surface area contributed by atoms with Crippen molar-refractivity contribution in [2.24, 2.45) is 5.92 Å². The van der Waals surface area contributed by atoms with Crippen LogP contribution in [-0.2, 0) is 20.0 Å². The van der Waals surface area contributed by atoms with E-state index in [9.17, 15) is 15.0 Å². The lowest BCUT2D eigenvalue weighted by molar-refractivity contribution is -0.220. The quantitative estimate of drug-likeness (QED) is 0.694. The Balaban J connectivity index is 1.40. The van der Waals surface area contributed by atoms with Crippen molar-refractivity contribution in [2.45, 2.75) is 42.0 Å². The van der Waals surface area contributed by atoms with Crippen LogP contribution >= 0.6 is 11.8 Å². The van der Waals surface area contributed by atoms with Crippen molar-refractivity contribution in [3.63, 3.8) is 0 Å². The van der Waals surface area contributed by atoms with Gasteiger partial charge in [0.2, 0.25) is 0 Å². The summed E-state index contributed by atoms with van der Waals surface area (Å²) in [6.07, 6.45) is -1.45. The molecule has 2 N–H and O–H groups in total. The minimum absolute atomic E-state index is 0.106. The van der Waals surface area contributed by atoms with Crippen LogP contribution in [0.1, 0.15) is 34.0 Å². The fourth-order valence-corrected chi connectivity index (χ4v) is 5.62. The van der Waals surface area contributed by atoms with Crippen LogP contribution in [0.2, 0.25) is 0 Å². The van der Waals surface area contributed by atoms with Gasteiger partial charge in [-0.2, -0.15) is 0 Å². The zero-order chi connectivity index (χ0) is 20.0. The van der Waals surface area contributed by atoms with Gasteiger partial charge in [0.25, 0.3) is 0 Å². The molecule has 6 nitrogen and oxygen atoms in total. The fourth-order valence-electron chi connectivity index (χ4n) is 4.41. The Morgan fingerprint density at radius 3 is 2.72 bits per heavy atom. The minimum atomic E-state index is -0.863. The lowest BCUT2D eigenvalue weighted by Gasteiger charge is -2.48. The maximum atomic E-state index is 12.7. The lowest BCUT2D eigenvalue weighted by Crippen LogP contribution is -2.58. The number of rotatable bonds is 1. The highest BCUT2D eigenvalue weighted by Gasteiger charge is 2.50. The van der Waals surface area contributed by atoms with Gasteiger partial charge in [-0.3, -0.25) is 0 Å². The molecule has 0 saturated carbocycles. The third-order valence-corrected chi connectivity index (χ3v) is 7.11. The van der Waals surface area contributed by atoms with Crippen LogP contribution < -0.4 is 0 Å². The van der Waals surface area contributed by atoms with E-state index in [1.165, 1.54) is 17.8 Å². The molecule has 2 aromatic rings. The maximum Gasteiger partial charge on any atom is 0.342 e. The number of carbonyl (C=O) groups is 1. The topological polar surface area (TPSA) is 85.2 Å². The number of benzene rings is 2. The number of phenolic OH excluding ortho intramolecular Hbond substituents is 1. The summed E-state index contributed by atoms with van der Waals surface area (Å²) in [5.41, 5.74) is 1.44. The van der Waals surface area contributed by atoms with Gasteiger partial charge in [-0.1, -0.05) is 42.5 Å². The summed E-state index contributed by atoms with van der Waals surface area (Å²) < 4.78 is 17.9. The maximum absolute atomic E-state index is 12.7. The van der Waals surface area contributed by atoms with Gasteiger partial charge in [0, 0.05) is 11.7 Å². The second kappa shape index (κ2) is 7.65. The molecule has 0 amide bonds. The van der Waals surface area contributed by atoms with E-state index in [1.807, 2.05) is 30.3 Å². The van der Waals surface area contributed by atoms with Crippen molar-refractivity contribution < 1.29 is 29.2 Å². The summed E-state index contributed by atoms with van der Waals surface area (Å²) in [7, 11) is 0. The largest absolute Gasteiger partial charge is 0.507 e. The Labute approximate surface area is 172 Å².